The number of piperidine rings is 1. The third kappa shape index (κ3) is 3.72. The van der Waals surface area contributed by atoms with Crippen molar-refractivity contribution in [1.82, 2.24) is 4.90 Å². The van der Waals surface area contributed by atoms with Crippen LogP contribution in [0.15, 0.2) is 60.7 Å². The fourth-order valence-corrected chi connectivity index (χ4v) is 3.38. The highest BCUT2D eigenvalue weighted by Gasteiger charge is 2.38. The molecule has 1 aliphatic rings. The Balaban J connectivity index is 1.67. The fraction of sp³-hybridized carbons (Fsp3) is 0.350. The number of nitrogens with one attached hydrogen (secondary N) is 1. The van der Waals surface area contributed by atoms with Gasteiger partial charge < -0.3 is 5.32 Å². The molecule has 0 aliphatic carbocycles. The maximum Gasteiger partial charge on any atom is 0.128 e. The first-order chi connectivity index (χ1) is 11.2. The number of para-hydroxylation sites is 1. The molecule has 2 aromatic rings. The van der Waals surface area contributed by atoms with Gasteiger partial charge in [0.2, 0.25) is 0 Å². The SMILES string of the molecule is CC1CC(C#N)(Nc2ccccc2)CCN1Cc1ccccc1. The Labute approximate surface area is 138 Å². The quantitative estimate of drug-likeness (QED) is 0.926. The molecule has 0 amide bonds. The van der Waals surface area contributed by atoms with E-state index in [1.807, 2.05) is 36.4 Å². The van der Waals surface area contributed by atoms with E-state index in [0.717, 1.165) is 31.6 Å². The molecule has 2 unspecified atom stereocenters. The minimum absolute atomic E-state index is 0.375. The summed E-state index contributed by atoms with van der Waals surface area (Å²) in [6.07, 6.45) is 1.68. The number of likely N-dealkylation sites (tertiary alicyclic amines) is 1. The van der Waals surface area contributed by atoms with Crippen molar-refractivity contribution in [2.24, 2.45) is 0 Å². The van der Waals surface area contributed by atoms with Crippen molar-refractivity contribution >= 4 is 5.69 Å². The predicted octanol–water partition coefficient (Wildman–Crippen LogP) is 4.05. The maximum absolute atomic E-state index is 9.77. The normalized spacial score (nSPS) is 24.8. The maximum atomic E-state index is 9.77. The van der Waals surface area contributed by atoms with Gasteiger partial charge in [-0.1, -0.05) is 48.5 Å². The van der Waals surface area contributed by atoms with Crippen LogP contribution in [0.1, 0.15) is 25.3 Å². The zero-order valence-corrected chi connectivity index (χ0v) is 13.6. The van der Waals surface area contributed by atoms with E-state index in [1.54, 1.807) is 0 Å². The third-order valence-corrected chi connectivity index (χ3v) is 4.69. The van der Waals surface area contributed by atoms with E-state index in [-0.39, 0.29) is 0 Å². The first-order valence-electron chi connectivity index (χ1n) is 8.23. The van der Waals surface area contributed by atoms with Crippen molar-refractivity contribution in [2.75, 3.05) is 11.9 Å². The van der Waals surface area contributed by atoms with Gasteiger partial charge in [0.25, 0.3) is 0 Å². The molecule has 1 saturated heterocycles. The lowest BCUT2D eigenvalue weighted by Crippen LogP contribution is -2.52. The van der Waals surface area contributed by atoms with Crippen molar-refractivity contribution in [1.29, 1.82) is 5.26 Å². The molecule has 0 radical (unpaired) electrons. The highest BCUT2D eigenvalue weighted by Crippen LogP contribution is 2.31. The summed E-state index contributed by atoms with van der Waals surface area (Å²) in [6, 6.07) is 23.5. The molecule has 3 nitrogen and oxygen atoms in total. The van der Waals surface area contributed by atoms with Crippen LogP contribution in [0.5, 0.6) is 0 Å². The summed E-state index contributed by atoms with van der Waals surface area (Å²) < 4.78 is 0. The molecule has 3 rings (SSSR count). The van der Waals surface area contributed by atoms with Gasteiger partial charge in [0.15, 0.2) is 0 Å². The standard InChI is InChI=1S/C20H23N3/c1-17-14-20(16-21,22-19-10-6-3-7-11-19)12-13-23(17)15-18-8-4-2-5-9-18/h2-11,17,22H,12-15H2,1H3. The monoisotopic (exact) mass is 305 g/mol. The van der Waals surface area contributed by atoms with Crippen LogP contribution in [-0.2, 0) is 6.54 Å². The summed E-state index contributed by atoms with van der Waals surface area (Å²) in [5, 5.41) is 13.2. The van der Waals surface area contributed by atoms with Crippen LogP contribution in [0, 0.1) is 11.3 Å². The Morgan fingerprint density at radius 3 is 2.39 bits per heavy atom. The highest BCUT2D eigenvalue weighted by atomic mass is 15.2. The molecule has 3 heteroatoms. The largest absolute Gasteiger partial charge is 0.367 e. The minimum atomic E-state index is -0.464. The van der Waals surface area contributed by atoms with Gasteiger partial charge in [-0.3, -0.25) is 4.90 Å². The molecular formula is C20H23N3. The van der Waals surface area contributed by atoms with Gasteiger partial charge in [-0.2, -0.15) is 5.26 Å². The minimum Gasteiger partial charge on any atom is -0.367 e. The van der Waals surface area contributed by atoms with Crippen LogP contribution in [0.25, 0.3) is 0 Å². The average molecular weight is 305 g/mol. The van der Waals surface area contributed by atoms with E-state index in [4.69, 9.17) is 0 Å². The number of rotatable bonds is 4. The van der Waals surface area contributed by atoms with Gasteiger partial charge in [0.05, 0.1) is 6.07 Å². The van der Waals surface area contributed by atoms with Crippen LogP contribution < -0.4 is 5.32 Å². The van der Waals surface area contributed by atoms with Gasteiger partial charge in [-0.15, -0.1) is 0 Å². The van der Waals surface area contributed by atoms with E-state index >= 15 is 0 Å². The fourth-order valence-electron chi connectivity index (χ4n) is 3.38. The second-order valence-corrected chi connectivity index (χ2v) is 6.44. The van der Waals surface area contributed by atoms with E-state index in [9.17, 15) is 5.26 Å². The molecule has 0 bridgehead atoms. The summed E-state index contributed by atoms with van der Waals surface area (Å²) in [5.41, 5.74) is 1.89. The molecule has 0 spiro atoms. The summed E-state index contributed by atoms with van der Waals surface area (Å²) in [6.45, 7) is 4.11. The molecule has 0 aromatic heterocycles. The number of nitrogens with zero attached hydrogens (tertiary/aromatic N) is 2. The van der Waals surface area contributed by atoms with E-state index in [2.05, 4.69) is 47.5 Å². The molecule has 1 N–H and O–H groups in total. The summed E-state index contributed by atoms with van der Waals surface area (Å²) >= 11 is 0. The summed E-state index contributed by atoms with van der Waals surface area (Å²) in [4.78, 5) is 2.47. The molecule has 2 aromatic carbocycles. The second kappa shape index (κ2) is 6.85. The van der Waals surface area contributed by atoms with Gasteiger partial charge in [-0.25, -0.2) is 0 Å². The Bertz CT molecular complexity index is 662. The molecule has 1 aliphatic heterocycles. The molecule has 1 fully saturated rings. The summed E-state index contributed by atoms with van der Waals surface area (Å²) in [7, 11) is 0. The highest BCUT2D eigenvalue weighted by molar-refractivity contribution is 5.47. The Hall–Kier alpha value is -2.31. The molecule has 0 saturated carbocycles. The molecule has 2 atom stereocenters. The van der Waals surface area contributed by atoms with Crippen molar-refractivity contribution < 1.29 is 0 Å². The summed E-state index contributed by atoms with van der Waals surface area (Å²) in [5.74, 6) is 0. The Morgan fingerprint density at radius 2 is 1.78 bits per heavy atom. The molecule has 1 heterocycles. The number of benzene rings is 2. The van der Waals surface area contributed by atoms with Gasteiger partial charge >= 0.3 is 0 Å². The zero-order valence-electron chi connectivity index (χ0n) is 13.6. The topological polar surface area (TPSA) is 39.1 Å². The van der Waals surface area contributed by atoms with Crippen molar-refractivity contribution in [2.45, 2.75) is 37.9 Å². The van der Waals surface area contributed by atoms with E-state index in [0.29, 0.717) is 6.04 Å². The van der Waals surface area contributed by atoms with Crippen molar-refractivity contribution in [3.63, 3.8) is 0 Å². The third-order valence-electron chi connectivity index (χ3n) is 4.69. The van der Waals surface area contributed by atoms with Gasteiger partial charge in [-0.05, 0) is 37.5 Å². The van der Waals surface area contributed by atoms with Crippen LogP contribution in [0.2, 0.25) is 0 Å². The zero-order chi connectivity index (χ0) is 16.1. The van der Waals surface area contributed by atoms with Crippen LogP contribution in [0.4, 0.5) is 5.69 Å². The lowest BCUT2D eigenvalue weighted by atomic mass is 9.84. The predicted molar refractivity (Wildman–Crippen MR) is 94.0 cm³/mol. The van der Waals surface area contributed by atoms with Crippen molar-refractivity contribution in [3.8, 4) is 6.07 Å². The molecule has 118 valence electrons. The van der Waals surface area contributed by atoms with Crippen LogP contribution in [-0.4, -0.2) is 23.0 Å². The smallest absolute Gasteiger partial charge is 0.128 e. The number of anilines is 1. The Morgan fingerprint density at radius 1 is 1.13 bits per heavy atom. The van der Waals surface area contributed by atoms with Crippen LogP contribution >= 0.6 is 0 Å². The van der Waals surface area contributed by atoms with Gasteiger partial charge in [0.1, 0.15) is 5.54 Å². The lowest BCUT2D eigenvalue weighted by Gasteiger charge is -2.42. The molecule has 23 heavy (non-hydrogen) atoms. The second-order valence-electron chi connectivity index (χ2n) is 6.44. The van der Waals surface area contributed by atoms with Gasteiger partial charge in [0, 0.05) is 24.8 Å². The number of hydrogen-bond donors (Lipinski definition) is 1. The average Bonchev–Trinajstić information content (AvgIpc) is 2.59. The van der Waals surface area contributed by atoms with E-state index < -0.39 is 5.54 Å². The number of nitriles is 1. The van der Waals surface area contributed by atoms with Crippen molar-refractivity contribution in [3.05, 3.63) is 66.2 Å². The first-order valence-corrected chi connectivity index (χ1v) is 8.23. The Kier molecular flexibility index (Phi) is 4.64. The number of hydrogen-bond acceptors (Lipinski definition) is 3. The molecular weight excluding hydrogens is 282 g/mol. The van der Waals surface area contributed by atoms with E-state index in [1.165, 1.54) is 5.56 Å². The first kappa shape index (κ1) is 15.6. The lowest BCUT2D eigenvalue weighted by molar-refractivity contribution is 0.126. The van der Waals surface area contributed by atoms with Crippen LogP contribution in [0.3, 0.4) is 0 Å².